The van der Waals surface area contributed by atoms with E-state index in [4.69, 9.17) is 48.9 Å². The first-order valence-corrected chi connectivity index (χ1v) is 33.2. The Kier molecular flexibility index (Phi) is 26.7. The first-order valence-electron chi connectivity index (χ1n) is 27.3. The molecule has 2 fully saturated rings. The van der Waals surface area contributed by atoms with Gasteiger partial charge in [-0.15, -0.1) is 46.2 Å². The van der Waals surface area contributed by atoms with Crippen molar-refractivity contribution in [2.45, 2.75) is 74.8 Å². The second-order valence-corrected chi connectivity index (χ2v) is 25.2. The number of oxazole rings is 2. The minimum absolute atomic E-state index is 0. The van der Waals surface area contributed by atoms with E-state index in [0.29, 0.717) is 33.8 Å². The average molecular weight is 1450 g/mol. The van der Waals surface area contributed by atoms with Gasteiger partial charge in [0.2, 0.25) is 0 Å². The van der Waals surface area contributed by atoms with Crippen molar-refractivity contribution in [3.8, 4) is 45.6 Å². The van der Waals surface area contributed by atoms with E-state index in [0.717, 1.165) is 56.0 Å². The van der Waals surface area contributed by atoms with Gasteiger partial charge in [-0.05, 0) is 61.4 Å². The fraction of sp³-hybridized carbons (Fsp3) is 0.286. The van der Waals surface area contributed by atoms with Crippen molar-refractivity contribution < 1.29 is 155 Å². The minimum Gasteiger partial charge on any atom is -0.543 e. The maximum atomic E-state index is 13.2. The maximum absolute atomic E-state index is 13.2. The standard InChI is InChI=1S/2C28H26N6O10S3.2Na/c2*1-4-41-33-20(16-11-46-27(29)31-16)23(37)32-21-24(38)34-22(26(39)40)15(9-45-25(21)34)10-47-28-30-8-19(44-28)14-5-6-17(42-12(2)35)18(7-14)43-13(3)36;;/h2*5-8,11,21,25H,4,9-10H2,1-3H3,(H2,29,31)(H,32,37)(H,39,40);;/q;;2*+1/p-2/b2*33-20+;;/t2*21-,25-;;/m11../s1. The van der Waals surface area contributed by atoms with Crippen LogP contribution in [-0.4, -0.2) is 160 Å². The molecule has 492 valence electrons. The number of hydrogen-bond acceptors (Lipinski definition) is 34. The summed E-state index contributed by atoms with van der Waals surface area (Å²) in [6, 6.07) is 6.89. The number of fused-ring (bicyclic) bond motifs is 2. The van der Waals surface area contributed by atoms with E-state index in [1.54, 1.807) is 26.0 Å². The van der Waals surface area contributed by atoms with Gasteiger partial charge >= 0.3 is 83.0 Å². The summed E-state index contributed by atoms with van der Waals surface area (Å²) in [5.74, 6) is -6.91. The number of anilines is 2. The van der Waals surface area contributed by atoms with Crippen LogP contribution in [0.5, 0.6) is 23.0 Å². The van der Waals surface area contributed by atoms with Gasteiger partial charge in [0.1, 0.15) is 47.4 Å². The van der Waals surface area contributed by atoms with Crippen LogP contribution in [0.3, 0.4) is 0 Å². The number of oxime groups is 2. The summed E-state index contributed by atoms with van der Waals surface area (Å²) in [7, 11) is 0. The molecule has 0 bridgehead atoms. The molecule has 0 unspecified atom stereocenters. The van der Waals surface area contributed by atoms with Crippen molar-refractivity contribution in [2.75, 3.05) is 47.7 Å². The number of β-lactam (4-membered cyclic amide) rings is 2. The summed E-state index contributed by atoms with van der Waals surface area (Å²) in [6.07, 6.45) is 2.85. The maximum Gasteiger partial charge on any atom is 1.00 e. The summed E-state index contributed by atoms with van der Waals surface area (Å²) in [5, 5.41) is 39.7. The first kappa shape index (κ1) is 75.6. The number of nitrogen functional groups attached to an aromatic ring is 2. The van der Waals surface area contributed by atoms with Gasteiger partial charge in [0, 0.05) is 72.6 Å². The quantitative estimate of drug-likeness (QED) is 0.00863. The Morgan fingerprint density at radius 2 is 0.969 bits per heavy atom. The van der Waals surface area contributed by atoms with Crippen LogP contribution >= 0.6 is 69.7 Å². The van der Waals surface area contributed by atoms with E-state index >= 15 is 0 Å². The molecule has 40 heteroatoms. The van der Waals surface area contributed by atoms with Gasteiger partial charge in [-0.2, -0.15) is 0 Å². The number of carbonyl (C=O) groups excluding carboxylic acids is 10. The van der Waals surface area contributed by atoms with Gasteiger partial charge in [0.05, 0.1) is 35.7 Å². The molecule has 4 amide bonds. The number of aliphatic carboxylic acids is 2. The van der Waals surface area contributed by atoms with E-state index in [9.17, 15) is 58.2 Å². The normalized spacial score (nSPS) is 17.1. The molecular weight excluding hydrogens is 1400 g/mol. The van der Waals surface area contributed by atoms with Gasteiger partial charge in [0.25, 0.3) is 34.1 Å². The third-order valence-corrected chi connectivity index (χ3v) is 18.6. The second kappa shape index (κ2) is 34.0. The van der Waals surface area contributed by atoms with Gasteiger partial charge in [-0.1, -0.05) is 33.8 Å². The molecule has 0 saturated carbocycles. The van der Waals surface area contributed by atoms with Crippen LogP contribution in [0.25, 0.3) is 22.6 Å². The van der Waals surface area contributed by atoms with Crippen LogP contribution in [0.1, 0.15) is 52.9 Å². The molecule has 4 aromatic heterocycles. The summed E-state index contributed by atoms with van der Waals surface area (Å²) in [5.41, 5.74) is 12.5. The average Bonchev–Trinajstić information content (AvgIpc) is 0.879. The Morgan fingerprint density at radius 3 is 1.29 bits per heavy atom. The van der Waals surface area contributed by atoms with Crippen LogP contribution in [0.4, 0.5) is 10.3 Å². The largest absolute Gasteiger partial charge is 1.00 e. The van der Waals surface area contributed by atoms with Crippen molar-refractivity contribution >= 4 is 151 Å². The number of nitrogens with two attached hydrogens (primary N) is 2. The number of carboxylic acids is 2. The molecule has 6 aromatic rings. The molecule has 0 spiro atoms. The smallest absolute Gasteiger partial charge is 0.543 e. The number of nitrogens with one attached hydrogen (secondary N) is 2. The Morgan fingerprint density at radius 1 is 0.604 bits per heavy atom. The number of hydrogen-bond donors (Lipinski definition) is 4. The second-order valence-electron chi connectivity index (χ2n) is 19.3. The first-order chi connectivity index (χ1) is 44.9. The number of aromatic nitrogens is 4. The van der Waals surface area contributed by atoms with Crippen molar-refractivity contribution in [3.63, 3.8) is 0 Å². The molecule has 0 radical (unpaired) electrons. The molecule has 32 nitrogen and oxygen atoms in total. The van der Waals surface area contributed by atoms with Crippen molar-refractivity contribution in [1.29, 1.82) is 0 Å². The predicted octanol–water partition coefficient (Wildman–Crippen LogP) is -3.66. The minimum atomic E-state index is -1.54. The molecule has 10 rings (SSSR count). The van der Waals surface area contributed by atoms with Crippen LogP contribution in [-0.2, 0) is 57.6 Å². The van der Waals surface area contributed by atoms with Crippen LogP contribution in [0, 0.1) is 0 Å². The molecule has 4 atom stereocenters. The monoisotopic (exact) mass is 1450 g/mol. The van der Waals surface area contributed by atoms with E-state index in [2.05, 4.69) is 40.9 Å². The molecule has 96 heavy (non-hydrogen) atoms. The third kappa shape index (κ3) is 18.1. The molecule has 4 aliphatic heterocycles. The molecule has 2 aromatic carbocycles. The molecule has 8 heterocycles. The SMILES string of the molecule is CCO/N=C(/C(=O)N[C@@H]1C(=O)N2C(C(=O)[O-])=C(CSc3ncc(-c4ccc(OC(C)=O)c(OC(C)=O)c4)o3)CS[C@H]12)c1csc(N)n1.CCO/N=C(/C(=O)N[C@@H]1C(=O)N2C(C(=O)[O-])=C(CSc3ncc(-c4ccc(OC(C)=O)c(OC(C)=O)c4)o3)CS[C@H]12)c1csc(N)n1.[Na+].[Na+]. The van der Waals surface area contributed by atoms with Crippen LogP contribution in [0.2, 0.25) is 0 Å². The molecular formula is C56H50N12Na2O20S6. The number of benzene rings is 2. The Hall–Kier alpha value is -7.76. The Balaban J connectivity index is 0.000000265. The fourth-order valence-electron chi connectivity index (χ4n) is 8.93. The van der Waals surface area contributed by atoms with Crippen molar-refractivity contribution in [2.24, 2.45) is 10.3 Å². The summed E-state index contributed by atoms with van der Waals surface area (Å²) in [4.78, 5) is 152. The number of carbonyl (C=O) groups is 10. The van der Waals surface area contributed by atoms with Gasteiger partial charge < -0.3 is 79.4 Å². The zero-order chi connectivity index (χ0) is 67.7. The van der Waals surface area contributed by atoms with Crippen molar-refractivity contribution in [3.05, 3.63) is 93.5 Å². The topological polar surface area (TPSA) is 457 Å². The van der Waals surface area contributed by atoms with E-state index in [1.165, 1.54) is 98.6 Å². The molecule has 6 N–H and O–H groups in total. The van der Waals surface area contributed by atoms with Gasteiger partial charge in [-0.25, -0.2) is 19.9 Å². The summed E-state index contributed by atoms with van der Waals surface area (Å²) < 4.78 is 32.1. The number of esters is 4. The third-order valence-electron chi connectivity index (χ3n) is 12.8. The van der Waals surface area contributed by atoms with Crippen LogP contribution in [0.15, 0.2) is 112 Å². The summed E-state index contributed by atoms with van der Waals surface area (Å²) >= 11 is 6.93. The predicted molar refractivity (Wildman–Crippen MR) is 334 cm³/mol. The number of amides is 4. The number of thioether (sulfide) groups is 4. The van der Waals surface area contributed by atoms with Crippen molar-refractivity contribution in [1.82, 2.24) is 40.4 Å². The zero-order valence-electron chi connectivity index (χ0n) is 51.7. The zero-order valence-corrected chi connectivity index (χ0v) is 60.6. The molecule has 2 saturated heterocycles. The van der Waals surface area contributed by atoms with Gasteiger partial charge in [0.15, 0.2) is 56.2 Å². The van der Waals surface area contributed by atoms with E-state index in [1.807, 2.05) is 0 Å². The number of rotatable bonds is 24. The van der Waals surface area contributed by atoms with E-state index < -0.39 is 82.3 Å². The molecule has 4 aliphatic rings. The van der Waals surface area contributed by atoms with E-state index in [-0.39, 0.29) is 173 Å². The number of carboxylic acid groups (broad SMARTS) is 2. The van der Waals surface area contributed by atoms with Crippen LogP contribution < -0.4 is 110 Å². The Bertz CT molecular complexity index is 3910. The molecule has 0 aliphatic carbocycles. The number of nitrogens with zero attached hydrogens (tertiary/aromatic N) is 8. The van der Waals surface area contributed by atoms with Gasteiger partial charge in [-0.3, -0.25) is 48.2 Å². The summed E-state index contributed by atoms with van der Waals surface area (Å²) in [6.45, 7) is 8.56. The Labute approximate surface area is 612 Å². The fourth-order valence-corrected chi connectivity index (χ4v) is 14.6. The number of thiazole rings is 2. The number of ether oxygens (including phenoxy) is 4.